The van der Waals surface area contributed by atoms with E-state index in [0.29, 0.717) is 10.6 Å². The molecule has 7 heteroatoms. The molecule has 0 aromatic heterocycles. The largest absolute Gasteiger partial charge is 0.481 e. The lowest BCUT2D eigenvalue weighted by Gasteiger charge is -2.10. The average Bonchev–Trinajstić information content (AvgIpc) is 3.27. The molecule has 1 aliphatic carbocycles. The third kappa shape index (κ3) is 2.42. The maximum atomic E-state index is 13.0. The maximum Gasteiger partial charge on any atom is 0.312 e. The van der Waals surface area contributed by atoms with Crippen LogP contribution in [0, 0.1) is 5.41 Å². The SMILES string of the molecule is NC[C@]1(C(=O)O)[C@@H](c2cccc(Cl)c2)[C@@H]1S(=O)(=O)c1ccccc1. The van der Waals surface area contributed by atoms with E-state index in [9.17, 15) is 18.3 Å². The van der Waals surface area contributed by atoms with Crippen LogP contribution in [-0.4, -0.2) is 31.3 Å². The lowest BCUT2D eigenvalue weighted by Crippen LogP contribution is -2.31. The van der Waals surface area contributed by atoms with Gasteiger partial charge in [0, 0.05) is 17.5 Å². The average molecular weight is 366 g/mol. The Bertz CT molecular complexity index is 884. The highest BCUT2D eigenvalue weighted by atomic mass is 35.5. The maximum absolute atomic E-state index is 13.0. The number of carbonyl (C=O) groups is 1. The van der Waals surface area contributed by atoms with Crippen LogP contribution in [0.2, 0.25) is 5.02 Å². The van der Waals surface area contributed by atoms with E-state index in [1.807, 2.05) is 0 Å². The molecule has 0 bridgehead atoms. The van der Waals surface area contributed by atoms with Crippen molar-refractivity contribution in [2.75, 3.05) is 6.54 Å². The number of carboxylic acids is 1. The molecular weight excluding hydrogens is 350 g/mol. The van der Waals surface area contributed by atoms with Gasteiger partial charge in [-0.1, -0.05) is 41.9 Å². The molecule has 0 amide bonds. The van der Waals surface area contributed by atoms with Crippen molar-refractivity contribution in [2.24, 2.45) is 11.1 Å². The first-order valence-electron chi connectivity index (χ1n) is 7.33. The van der Waals surface area contributed by atoms with Crippen LogP contribution in [0.4, 0.5) is 0 Å². The van der Waals surface area contributed by atoms with Crippen LogP contribution in [0.15, 0.2) is 59.5 Å². The minimum absolute atomic E-state index is 0.0959. The molecule has 5 nitrogen and oxygen atoms in total. The zero-order valence-corrected chi connectivity index (χ0v) is 14.2. The van der Waals surface area contributed by atoms with Crippen molar-refractivity contribution >= 4 is 27.4 Å². The van der Waals surface area contributed by atoms with Gasteiger partial charge in [-0.2, -0.15) is 0 Å². The summed E-state index contributed by atoms with van der Waals surface area (Å²) < 4.78 is 26.0. The predicted octanol–water partition coefficient (Wildman–Crippen LogP) is 2.31. The first-order valence-corrected chi connectivity index (χ1v) is 9.26. The quantitative estimate of drug-likeness (QED) is 0.847. The van der Waals surface area contributed by atoms with E-state index in [1.54, 1.807) is 42.5 Å². The highest BCUT2D eigenvalue weighted by molar-refractivity contribution is 7.92. The molecule has 1 aliphatic rings. The Hall–Kier alpha value is -1.89. The van der Waals surface area contributed by atoms with Crippen molar-refractivity contribution in [3.05, 3.63) is 65.2 Å². The Kier molecular flexibility index (Phi) is 4.15. The number of aliphatic carboxylic acids is 1. The number of sulfone groups is 1. The Balaban J connectivity index is 2.13. The van der Waals surface area contributed by atoms with Gasteiger partial charge < -0.3 is 10.8 Å². The van der Waals surface area contributed by atoms with Crippen LogP contribution in [0.25, 0.3) is 0 Å². The van der Waals surface area contributed by atoms with Crippen molar-refractivity contribution in [2.45, 2.75) is 16.1 Å². The van der Waals surface area contributed by atoms with E-state index in [0.717, 1.165) is 0 Å². The minimum atomic E-state index is -3.84. The number of rotatable bonds is 5. The summed E-state index contributed by atoms with van der Waals surface area (Å²) in [5.41, 5.74) is 4.75. The molecule has 1 fully saturated rings. The summed E-state index contributed by atoms with van der Waals surface area (Å²) in [6.45, 7) is -0.268. The van der Waals surface area contributed by atoms with E-state index in [2.05, 4.69) is 0 Å². The summed E-state index contributed by atoms with van der Waals surface area (Å²) in [6.07, 6.45) is 0. The number of hydrogen-bond donors (Lipinski definition) is 2. The Morgan fingerprint density at radius 3 is 2.38 bits per heavy atom. The summed E-state index contributed by atoms with van der Waals surface area (Å²) in [4.78, 5) is 12.0. The first-order chi connectivity index (χ1) is 11.4. The van der Waals surface area contributed by atoms with Crippen molar-refractivity contribution in [1.82, 2.24) is 0 Å². The summed E-state index contributed by atoms with van der Waals surface area (Å²) in [6, 6.07) is 14.4. The Labute approximate surface area is 145 Å². The normalized spacial score (nSPS) is 26.1. The third-order valence-electron chi connectivity index (χ3n) is 4.61. The van der Waals surface area contributed by atoms with Gasteiger partial charge in [0.1, 0.15) is 5.41 Å². The molecule has 3 N–H and O–H groups in total. The molecular formula is C17H16ClNO4S. The van der Waals surface area contributed by atoms with E-state index < -0.39 is 32.4 Å². The number of hydrogen-bond acceptors (Lipinski definition) is 4. The highest BCUT2D eigenvalue weighted by Gasteiger charge is 2.75. The number of benzene rings is 2. The molecule has 0 unspecified atom stereocenters. The van der Waals surface area contributed by atoms with Gasteiger partial charge in [-0.15, -0.1) is 0 Å². The zero-order chi connectivity index (χ0) is 17.5. The molecule has 126 valence electrons. The number of nitrogens with two attached hydrogens (primary N) is 1. The van der Waals surface area contributed by atoms with Crippen LogP contribution >= 0.6 is 11.6 Å². The molecule has 24 heavy (non-hydrogen) atoms. The lowest BCUT2D eigenvalue weighted by molar-refractivity contribution is -0.143. The first kappa shape index (κ1) is 17.0. The van der Waals surface area contributed by atoms with Crippen molar-refractivity contribution in [3.63, 3.8) is 0 Å². The molecule has 0 aliphatic heterocycles. The van der Waals surface area contributed by atoms with E-state index in [-0.39, 0.29) is 11.4 Å². The molecule has 3 atom stereocenters. The predicted molar refractivity (Wildman–Crippen MR) is 90.7 cm³/mol. The van der Waals surface area contributed by atoms with E-state index in [4.69, 9.17) is 17.3 Å². The summed E-state index contributed by atoms with van der Waals surface area (Å²) in [5.74, 6) is -1.94. The zero-order valence-electron chi connectivity index (χ0n) is 12.6. The second-order valence-electron chi connectivity index (χ2n) is 5.86. The lowest BCUT2D eigenvalue weighted by atomic mass is 9.99. The molecule has 0 radical (unpaired) electrons. The van der Waals surface area contributed by atoms with Gasteiger partial charge in [0.2, 0.25) is 0 Å². The number of halogens is 1. The minimum Gasteiger partial charge on any atom is -0.481 e. The molecule has 2 aromatic rings. The highest BCUT2D eigenvalue weighted by Crippen LogP contribution is 2.63. The molecule has 1 saturated carbocycles. The van der Waals surface area contributed by atoms with Gasteiger partial charge in [-0.3, -0.25) is 4.79 Å². The topological polar surface area (TPSA) is 97.5 Å². The molecule has 0 heterocycles. The van der Waals surface area contributed by atoms with Gasteiger partial charge in [0.05, 0.1) is 10.1 Å². The standard InChI is InChI=1S/C17H16ClNO4S/c18-12-6-4-5-11(9-12)14-15(17(14,10-19)16(20)21)24(22,23)13-7-2-1-3-8-13/h1-9,14-15H,10,19H2,(H,20,21)/t14-,15-,17-/m0/s1. The molecule has 0 saturated heterocycles. The monoisotopic (exact) mass is 365 g/mol. The second-order valence-corrected chi connectivity index (χ2v) is 8.37. The van der Waals surface area contributed by atoms with Crippen molar-refractivity contribution in [3.8, 4) is 0 Å². The molecule has 2 aromatic carbocycles. The Morgan fingerprint density at radius 2 is 1.83 bits per heavy atom. The van der Waals surface area contributed by atoms with Crippen LogP contribution in [-0.2, 0) is 14.6 Å². The third-order valence-corrected chi connectivity index (χ3v) is 7.13. The smallest absolute Gasteiger partial charge is 0.312 e. The van der Waals surface area contributed by atoms with Gasteiger partial charge >= 0.3 is 5.97 Å². The fourth-order valence-electron chi connectivity index (χ4n) is 3.37. The van der Waals surface area contributed by atoms with Crippen molar-refractivity contribution in [1.29, 1.82) is 0 Å². The van der Waals surface area contributed by atoms with Crippen LogP contribution < -0.4 is 5.73 Å². The fourth-order valence-corrected chi connectivity index (χ4v) is 5.98. The van der Waals surface area contributed by atoms with Gasteiger partial charge in [-0.25, -0.2) is 8.42 Å². The van der Waals surface area contributed by atoms with Crippen LogP contribution in [0.3, 0.4) is 0 Å². The molecule has 0 spiro atoms. The number of carboxylic acid groups (broad SMARTS) is 1. The van der Waals surface area contributed by atoms with Gasteiger partial charge in [0.15, 0.2) is 9.84 Å². The summed E-state index contributed by atoms with van der Waals surface area (Å²) >= 11 is 5.98. The van der Waals surface area contributed by atoms with Gasteiger partial charge in [-0.05, 0) is 29.8 Å². The van der Waals surface area contributed by atoms with Crippen molar-refractivity contribution < 1.29 is 18.3 Å². The Morgan fingerprint density at radius 1 is 1.17 bits per heavy atom. The fraction of sp³-hybridized carbons (Fsp3) is 0.235. The van der Waals surface area contributed by atoms with Crippen LogP contribution in [0.1, 0.15) is 11.5 Å². The van der Waals surface area contributed by atoms with E-state index in [1.165, 1.54) is 12.1 Å². The summed E-state index contributed by atoms with van der Waals surface area (Å²) in [7, 11) is -3.84. The van der Waals surface area contributed by atoms with Gasteiger partial charge in [0.25, 0.3) is 0 Å². The second kappa shape index (κ2) is 5.88. The van der Waals surface area contributed by atoms with Crippen LogP contribution in [0.5, 0.6) is 0 Å². The molecule has 3 rings (SSSR count). The summed E-state index contributed by atoms with van der Waals surface area (Å²) in [5, 5.41) is 9.01. The van der Waals surface area contributed by atoms with E-state index >= 15 is 0 Å².